The van der Waals surface area contributed by atoms with Crippen LogP contribution in [0.25, 0.3) is 0 Å². The number of carbonyl (C=O) groups excluding carboxylic acids is 2. The normalized spacial score (nSPS) is 14.1. The molecule has 1 N–H and O–H groups in total. The van der Waals surface area contributed by atoms with E-state index in [1.54, 1.807) is 21.6 Å². The van der Waals surface area contributed by atoms with E-state index in [1.165, 1.54) is 5.56 Å². The Labute approximate surface area is 164 Å². The third-order valence-corrected chi connectivity index (χ3v) is 5.48. The van der Waals surface area contributed by atoms with Crippen LogP contribution in [-0.4, -0.2) is 42.7 Å². The number of urea groups is 1. The summed E-state index contributed by atoms with van der Waals surface area (Å²) >= 11 is 1.58. The van der Waals surface area contributed by atoms with Gasteiger partial charge in [0, 0.05) is 23.7 Å². The minimum Gasteiger partial charge on any atom is -0.324 e. The first-order chi connectivity index (χ1) is 13.0. The van der Waals surface area contributed by atoms with Crippen molar-refractivity contribution in [3.8, 4) is 0 Å². The molecule has 6 heteroatoms. The van der Waals surface area contributed by atoms with Gasteiger partial charge in [0.15, 0.2) is 0 Å². The van der Waals surface area contributed by atoms with Crippen LogP contribution in [0.5, 0.6) is 0 Å². The first kappa shape index (κ1) is 19.3. The number of anilines is 2. The van der Waals surface area contributed by atoms with Crippen molar-refractivity contribution in [3.05, 3.63) is 54.1 Å². The number of thioether (sulfide) groups is 1. The van der Waals surface area contributed by atoms with Crippen LogP contribution in [0, 0.1) is 0 Å². The van der Waals surface area contributed by atoms with E-state index in [2.05, 4.69) is 31.3 Å². The summed E-state index contributed by atoms with van der Waals surface area (Å²) in [5, 5.41) is 2.91. The third-order valence-electron chi connectivity index (χ3n) is 4.68. The average molecular weight is 384 g/mol. The fourth-order valence-corrected chi connectivity index (χ4v) is 3.67. The largest absolute Gasteiger partial charge is 0.325 e. The van der Waals surface area contributed by atoms with Gasteiger partial charge in [0.05, 0.1) is 5.69 Å². The van der Waals surface area contributed by atoms with Gasteiger partial charge in [-0.2, -0.15) is 0 Å². The van der Waals surface area contributed by atoms with Crippen molar-refractivity contribution in [1.29, 1.82) is 0 Å². The van der Waals surface area contributed by atoms with Gasteiger partial charge in [0.25, 0.3) is 0 Å². The highest BCUT2D eigenvalue weighted by Crippen LogP contribution is 2.25. The average Bonchev–Trinajstić information content (AvgIpc) is 3.02. The van der Waals surface area contributed by atoms with Gasteiger partial charge in [-0.05, 0) is 42.0 Å². The SMILES string of the molecule is CSc1ccccc1NC(=O)CN1CCN(c2ccc(C(C)C)cc2)C1=O. The van der Waals surface area contributed by atoms with Crippen molar-refractivity contribution >= 4 is 35.1 Å². The summed E-state index contributed by atoms with van der Waals surface area (Å²) in [5.74, 6) is 0.277. The molecule has 0 aromatic heterocycles. The van der Waals surface area contributed by atoms with Gasteiger partial charge in [0.1, 0.15) is 6.54 Å². The highest BCUT2D eigenvalue weighted by molar-refractivity contribution is 7.98. The Bertz CT molecular complexity index is 820. The number of nitrogens with zero attached hydrogens (tertiary/aromatic N) is 2. The number of carbonyl (C=O) groups is 2. The molecule has 5 nitrogen and oxygen atoms in total. The van der Waals surface area contributed by atoms with Crippen LogP contribution in [0.3, 0.4) is 0 Å². The highest BCUT2D eigenvalue weighted by Gasteiger charge is 2.30. The summed E-state index contributed by atoms with van der Waals surface area (Å²) in [4.78, 5) is 29.4. The minimum absolute atomic E-state index is 0.0577. The predicted octanol–water partition coefficient (Wildman–Crippen LogP) is 4.41. The molecule has 0 saturated carbocycles. The smallest absolute Gasteiger partial charge is 0.324 e. The summed E-state index contributed by atoms with van der Waals surface area (Å²) in [7, 11) is 0. The quantitative estimate of drug-likeness (QED) is 0.752. The summed E-state index contributed by atoms with van der Waals surface area (Å²) < 4.78 is 0. The molecule has 1 aliphatic rings. The lowest BCUT2D eigenvalue weighted by Gasteiger charge is -2.19. The fraction of sp³-hybridized carbons (Fsp3) is 0.333. The van der Waals surface area contributed by atoms with Crippen molar-refractivity contribution in [2.75, 3.05) is 36.1 Å². The second-order valence-electron chi connectivity index (χ2n) is 6.85. The molecule has 3 rings (SSSR count). The van der Waals surface area contributed by atoms with Gasteiger partial charge >= 0.3 is 6.03 Å². The number of hydrogen-bond donors (Lipinski definition) is 1. The molecule has 0 aliphatic carbocycles. The van der Waals surface area contributed by atoms with Crippen LogP contribution >= 0.6 is 11.8 Å². The van der Waals surface area contributed by atoms with E-state index in [0.717, 1.165) is 16.3 Å². The highest BCUT2D eigenvalue weighted by atomic mass is 32.2. The van der Waals surface area contributed by atoms with E-state index in [1.807, 2.05) is 42.7 Å². The predicted molar refractivity (Wildman–Crippen MR) is 112 cm³/mol. The molecule has 0 unspecified atom stereocenters. The maximum atomic E-state index is 12.7. The second kappa shape index (κ2) is 8.48. The molecule has 3 amide bonds. The van der Waals surface area contributed by atoms with Gasteiger partial charge in [-0.1, -0.05) is 38.1 Å². The number of nitrogens with one attached hydrogen (secondary N) is 1. The molecule has 27 heavy (non-hydrogen) atoms. The summed E-state index contributed by atoms with van der Waals surface area (Å²) in [6, 6.07) is 15.6. The Kier molecular flexibility index (Phi) is 6.06. The third kappa shape index (κ3) is 4.45. The molecule has 1 aliphatic heterocycles. The van der Waals surface area contributed by atoms with E-state index < -0.39 is 0 Å². The van der Waals surface area contributed by atoms with E-state index in [9.17, 15) is 9.59 Å². The molecule has 0 radical (unpaired) electrons. The maximum Gasteiger partial charge on any atom is 0.325 e. The molecular weight excluding hydrogens is 358 g/mol. The van der Waals surface area contributed by atoms with E-state index >= 15 is 0 Å². The molecule has 2 aromatic carbocycles. The number of amides is 3. The Hall–Kier alpha value is -2.47. The lowest BCUT2D eigenvalue weighted by molar-refractivity contribution is -0.116. The second-order valence-corrected chi connectivity index (χ2v) is 7.70. The van der Waals surface area contributed by atoms with Crippen molar-refractivity contribution in [3.63, 3.8) is 0 Å². The Morgan fingerprint density at radius 1 is 1.11 bits per heavy atom. The van der Waals surface area contributed by atoms with Crippen molar-refractivity contribution < 1.29 is 9.59 Å². The molecule has 0 bridgehead atoms. The fourth-order valence-electron chi connectivity index (χ4n) is 3.12. The van der Waals surface area contributed by atoms with Crippen molar-refractivity contribution in [2.24, 2.45) is 0 Å². The number of para-hydroxylation sites is 1. The summed E-state index contributed by atoms with van der Waals surface area (Å²) in [5.41, 5.74) is 2.90. The van der Waals surface area contributed by atoms with Crippen LogP contribution in [-0.2, 0) is 4.79 Å². The van der Waals surface area contributed by atoms with Crippen molar-refractivity contribution in [1.82, 2.24) is 4.90 Å². The first-order valence-corrected chi connectivity index (χ1v) is 10.3. The topological polar surface area (TPSA) is 52.7 Å². The molecular formula is C21H25N3O2S. The lowest BCUT2D eigenvalue weighted by Crippen LogP contribution is -2.37. The number of rotatable bonds is 6. The van der Waals surface area contributed by atoms with Crippen LogP contribution in [0.15, 0.2) is 53.4 Å². The lowest BCUT2D eigenvalue weighted by atomic mass is 10.0. The number of benzene rings is 2. The van der Waals surface area contributed by atoms with Crippen LogP contribution in [0.2, 0.25) is 0 Å². The Morgan fingerprint density at radius 2 is 1.81 bits per heavy atom. The maximum absolute atomic E-state index is 12.7. The van der Waals surface area contributed by atoms with Gasteiger partial charge in [0.2, 0.25) is 5.91 Å². The molecule has 2 aromatic rings. The van der Waals surface area contributed by atoms with Crippen LogP contribution in [0.1, 0.15) is 25.3 Å². The molecule has 0 spiro atoms. The standard InChI is InChI=1S/C21H25N3O2S/c1-15(2)16-8-10-17(11-9-16)24-13-12-23(21(24)26)14-20(25)22-18-6-4-5-7-19(18)27-3/h4-11,15H,12-14H2,1-3H3,(H,22,25). The molecule has 1 fully saturated rings. The molecule has 0 atom stereocenters. The van der Waals surface area contributed by atoms with Crippen molar-refractivity contribution in [2.45, 2.75) is 24.7 Å². The summed E-state index contributed by atoms with van der Waals surface area (Å²) in [6.45, 7) is 5.48. The van der Waals surface area contributed by atoms with Gasteiger partial charge in [-0.3, -0.25) is 9.69 Å². The van der Waals surface area contributed by atoms with Crippen LogP contribution in [0.4, 0.5) is 16.2 Å². The zero-order valence-electron chi connectivity index (χ0n) is 15.9. The van der Waals surface area contributed by atoms with Gasteiger partial charge in [-0.25, -0.2) is 4.79 Å². The van der Waals surface area contributed by atoms with Gasteiger partial charge in [-0.15, -0.1) is 11.8 Å². The zero-order valence-corrected chi connectivity index (χ0v) is 16.8. The Morgan fingerprint density at radius 3 is 2.48 bits per heavy atom. The van der Waals surface area contributed by atoms with E-state index in [0.29, 0.717) is 19.0 Å². The molecule has 142 valence electrons. The number of hydrogen-bond acceptors (Lipinski definition) is 3. The zero-order chi connectivity index (χ0) is 19.4. The first-order valence-electron chi connectivity index (χ1n) is 9.09. The van der Waals surface area contributed by atoms with E-state index in [4.69, 9.17) is 0 Å². The molecule has 1 heterocycles. The Balaban J connectivity index is 1.62. The van der Waals surface area contributed by atoms with Gasteiger partial charge < -0.3 is 10.2 Å². The monoisotopic (exact) mass is 383 g/mol. The van der Waals surface area contributed by atoms with Crippen LogP contribution < -0.4 is 10.2 Å². The minimum atomic E-state index is -0.179. The van der Waals surface area contributed by atoms with E-state index in [-0.39, 0.29) is 18.5 Å². The molecule has 1 saturated heterocycles. The summed E-state index contributed by atoms with van der Waals surface area (Å²) in [6.07, 6.45) is 1.97.